The Labute approximate surface area is 158 Å². The molecule has 6 nitrogen and oxygen atoms in total. The van der Waals surface area contributed by atoms with Crippen LogP contribution in [0.1, 0.15) is 45.4 Å². The fourth-order valence-electron chi connectivity index (χ4n) is 2.74. The molecule has 2 N–H and O–H groups in total. The van der Waals surface area contributed by atoms with Gasteiger partial charge in [-0.25, -0.2) is 4.79 Å². The summed E-state index contributed by atoms with van der Waals surface area (Å²) in [5.74, 6) is -0.938. The zero-order valence-electron chi connectivity index (χ0n) is 16.2. The third-order valence-corrected chi connectivity index (χ3v) is 4.37. The zero-order valence-corrected chi connectivity index (χ0v) is 16.2. The second-order valence-corrected chi connectivity index (χ2v) is 6.31. The molecule has 1 heterocycles. The number of anilines is 1. The monoisotopic (exact) mass is 365 g/mol. The van der Waals surface area contributed by atoms with Crippen molar-refractivity contribution in [3.8, 4) is 6.07 Å². The van der Waals surface area contributed by atoms with Crippen molar-refractivity contribution in [3.05, 3.63) is 57.4 Å². The minimum atomic E-state index is -0.509. The molecule has 0 aliphatic rings. The lowest BCUT2D eigenvalue weighted by Crippen LogP contribution is -2.13. The molecule has 1 aromatic carbocycles. The molecule has 1 amide bonds. The first kappa shape index (κ1) is 20.0. The van der Waals surface area contributed by atoms with Crippen molar-refractivity contribution in [2.75, 3.05) is 11.9 Å². The van der Waals surface area contributed by atoms with E-state index in [1.807, 2.05) is 32.0 Å². The molecule has 0 bridgehead atoms. The van der Waals surface area contributed by atoms with Gasteiger partial charge in [-0.15, -0.1) is 0 Å². The predicted molar refractivity (Wildman–Crippen MR) is 104 cm³/mol. The van der Waals surface area contributed by atoms with Gasteiger partial charge >= 0.3 is 5.97 Å². The van der Waals surface area contributed by atoms with Crippen LogP contribution in [0.2, 0.25) is 0 Å². The molecular weight excluding hydrogens is 342 g/mol. The van der Waals surface area contributed by atoms with E-state index in [0.29, 0.717) is 28.2 Å². The number of ether oxygens (including phenoxy) is 1. The van der Waals surface area contributed by atoms with E-state index in [0.717, 1.165) is 11.1 Å². The van der Waals surface area contributed by atoms with Crippen molar-refractivity contribution in [2.45, 2.75) is 34.6 Å². The summed E-state index contributed by atoms with van der Waals surface area (Å²) in [5, 5.41) is 12.1. The zero-order chi connectivity index (χ0) is 20.1. The van der Waals surface area contributed by atoms with Crippen LogP contribution in [0.25, 0.3) is 6.08 Å². The minimum Gasteiger partial charge on any atom is -0.462 e. The highest BCUT2D eigenvalue weighted by molar-refractivity contribution is 6.10. The lowest BCUT2D eigenvalue weighted by Gasteiger charge is -2.07. The SMILES string of the molecule is CCOC(=O)c1c(C)[nH]c(/C=C(\C#N)C(=O)Nc2ccc(C)c(C)c2)c1C. The maximum Gasteiger partial charge on any atom is 0.340 e. The van der Waals surface area contributed by atoms with Gasteiger partial charge in [-0.2, -0.15) is 5.26 Å². The summed E-state index contributed by atoms with van der Waals surface area (Å²) < 4.78 is 5.06. The number of nitrogens with zero attached hydrogens (tertiary/aromatic N) is 1. The Hall–Kier alpha value is -3.33. The largest absolute Gasteiger partial charge is 0.462 e. The van der Waals surface area contributed by atoms with Crippen molar-refractivity contribution in [1.29, 1.82) is 5.26 Å². The molecule has 0 aliphatic carbocycles. The van der Waals surface area contributed by atoms with Gasteiger partial charge in [-0.05, 0) is 69.5 Å². The summed E-state index contributed by atoms with van der Waals surface area (Å²) >= 11 is 0. The van der Waals surface area contributed by atoms with E-state index in [4.69, 9.17) is 4.74 Å². The number of carbonyl (C=O) groups excluding carboxylic acids is 2. The quantitative estimate of drug-likeness (QED) is 0.476. The number of hydrogen-bond acceptors (Lipinski definition) is 4. The number of aromatic nitrogens is 1. The molecule has 0 fully saturated rings. The van der Waals surface area contributed by atoms with Crippen LogP contribution in [0.4, 0.5) is 5.69 Å². The predicted octanol–water partition coefficient (Wildman–Crippen LogP) is 3.97. The third-order valence-electron chi connectivity index (χ3n) is 4.37. The Kier molecular flexibility index (Phi) is 6.19. The van der Waals surface area contributed by atoms with E-state index >= 15 is 0 Å². The van der Waals surface area contributed by atoms with E-state index in [1.165, 1.54) is 6.08 Å². The van der Waals surface area contributed by atoms with Crippen molar-refractivity contribution in [2.24, 2.45) is 0 Å². The Balaban J connectivity index is 2.31. The number of hydrogen-bond donors (Lipinski definition) is 2. The van der Waals surface area contributed by atoms with Crippen molar-refractivity contribution >= 4 is 23.6 Å². The van der Waals surface area contributed by atoms with Crippen LogP contribution < -0.4 is 5.32 Å². The second-order valence-electron chi connectivity index (χ2n) is 6.31. The molecule has 0 saturated heterocycles. The molecule has 0 saturated carbocycles. The van der Waals surface area contributed by atoms with E-state index in [9.17, 15) is 14.9 Å². The Morgan fingerprint density at radius 1 is 1.22 bits per heavy atom. The lowest BCUT2D eigenvalue weighted by atomic mass is 10.1. The summed E-state index contributed by atoms with van der Waals surface area (Å²) in [6, 6.07) is 7.47. The standard InChI is InChI=1S/C21H23N3O3/c1-6-27-21(26)19-14(4)18(23-15(19)5)10-16(11-22)20(25)24-17-8-7-12(2)13(3)9-17/h7-10,23H,6H2,1-5H3,(H,24,25)/b16-10+. The normalized spacial score (nSPS) is 11.0. The second kappa shape index (κ2) is 8.37. The molecule has 0 radical (unpaired) electrons. The summed E-state index contributed by atoms with van der Waals surface area (Å²) in [6.07, 6.45) is 1.45. The molecule has 2 aromatic rings. The van der Waals surface area contributed by atoms with Gasteiger partial charge in [0.15, 0.2) is 0 Å². The van der Waals surface area contributed by atoms with Gasteiger partial charge < -0.3 is 15.0 Å². The van der Waals surface area contributed by atoms with Crippen molar-refractivity contribution < 1.29 is 14.3 Å². The Bertz CT molecular complexity index is 962. The number of nitrogens with one attached hydrogen (secondary N) is 2. The van der Waals surface area contributed by atoms with Crippen molar-refractivity contribution in [3.63, 3.8) is 0 Å². The maximum absolute atomic E-state index is 12.5. The fourth-order valence-corrected chi connectivity index (χ4v) is 2.74. The van der Waals surface area contributed by atoms with E-state index < -0.39 is 11.9 Å². The highest BCUT2D eigenvalue weighted by Crippen LogP contribution is 2.22. The number of carbonyl (C=O) groups is 2. The van der Waals surface area contributed by atoms with Crippen LogP contribution in [0.5, 0.6) is 0 Å². The average molecular weight is 365 g/mol. The van der Waals surface area contributed by atoms with Crippen LogP contribution in [0.15, 0.2) is 23.8 Å². The Morgan fingerprint density at radius 3 is 2.52 bits per heavy atom. The first-order valence-corrected chi connectivity index (χ1v) is 8.65. The van der Waals surface area contributed by atoms with Crippen LogP contribution in [0.3, 0.4) is 0 Å². The molecule has 0 spiro atoms. The molecular formula is C21H23N3O3. The van der Waals surface area contributed by atoms with Crippen LogP contribution in [0, 0.1) is 39.0 Å². The van der Waals surface area contributed by atoms with Crippen molar-refractivity contribution in [1.82, 2.24) is 4.98 Å². The van der Waals surface area contributed by atoms with Gasteiger partial charge in [-0.1, -0.05) is 6.07 Å². The summed E-state index contributed by atoms with van der Waals surface area (Å²) in [4.78, 5) is 27.6. The molecule has 140 valence electrons. The Morgan fingerprint density at radius 2 is 1.93 bits per heavy atom. The average Bonchev–Trinajstić information content (AvgIpc) is 2.89. The van der Waals surface area contributed by atoms with Gasteiger partial charge in [0.05, 0.1) is 12.2 Å². The summed E-state index contributed by atoms with van der Waals surface area (Å²) in [7, 11) is 0. The number of nitriles is 1. The van der Waals surface area contributed by atoms with Crippen LogP contribution in [-0.4, -0.2) is 23.5 Å². The fraction of sp³-hybridized carbons (Fsp3) is 0.286. The molecule has 0 unspecified atom stereocenters. The highest BCUT2D eigenvalue weighted by atomic mass is 16.5. The number of aromatic amines is 1. The molecule has 0 aliphatic heterocycles. The number of aryl methyl sites for hydroxylation is 3. The van der Waals surface area contributed by atoms with Gasteiger partial charge in [0.1, 0.15) is 11.6 Å². The molecule has 27 heavy (non-hydrogen) atoms. The number of H-pyrrole nitrogens is 1. The molecule has 1 aromatic heterocycles. The smallest absolute Gasteiger partial charge is 0.340 e. The summed E-state index contributed by atoms with van der Waals surface area (Å²) in [6.45, 7) is 9.44. The van der Waals surface area contributed by atoms with E-state index in [-0.39, 0.29) is 12.2 Å². The highest BCUT2D eigenvalue weighted by Gasteiger charge is 2.19. The lowest BCUT2D eigenvalue weighted by molar-refractivity contribution is -0.112. The molecule has 6 heteroatoms. The van der Waals surface area contributed by atoms with E-state index in [1.54, 1.807) is 26.8 Å². The minimum absolute atomic E-state index is 0.0620. The third kappa shape index (κ3) is 4.45. The van der Waals surface area contributed by atoms with Gasteiger partial charge in [-0.3, -0.25) is 4.79 Å². The van der Waals surface area contributed by atoms with Gasteiger partial charge in [0, 0.05) is 17.1 Å². The summed E-state index contributed by atoms with van der Waals surface area (Å²) in [5.41, 5.74) is 4.95. The van der Waals surface area contributed by atoms with Gasteiger partial charge in [0.25, 0.3) is 5.91 Å². The van der Waals surface area contributed by atoms with E-state index in [2.05, 4.69) is 10.3 Å². The number of amides is 1. The first-order valence-electron chi connectivity index (χ1n) is 8.65. The number of esters is 1. The van der Waals surface area contributed by atoms with Crippen LogP contribution in [-0.2, 0) is 9.53 Å². The number of benzene rings is 1. The molecule has 0 atom stereocenters. The molecule has 2 rings (SSSR count). The topological polar surface area (TPSA) is 95.0 Å². The van der Waals surface area contributed by atoms with Gasteiger partial charge in [0.2, 0.25) is 0 Å². The maximum atomic E-state index is 12.5. The first-order chi connectivity index (χ1) is 12.8. The number of rotatable bonds is 5. The van der Waals surface area contributed by atoms with Crippen LogP contribution >= 0.6 is 0 Å².